The Balaban J connectivity index is 1.55. The molecule has 1 aliphatic rings. The summed E-state index contributed by atoms with van der Waals surface area (Å²) in [5, 5.41) is 4.03. The van der Waals surface area contributed by atoms with E-state index in [0.717, 1.165) is 38.3 Å². The van der Waals surface area contributed by atoms with E-state index >= 15 is 0 Å². The van der Waals surface area contributed by atoms with Crippen molar-refractivity contribution in [2.45, 2.75) is 16.2 Å². The van der Waals surface area contributed by atoms with Crippen molar-refractivity contribution in [3.8, 4) is 0 Å². The minimum Gasteiger partial charge on any atom is -0.370 e. The monoisotopic (exact) mass is 537 g/mol. The highest BCUT2D eigenvalue weighted by atomic mass is 32.2. The van der Waals surface area contributed by atoms with Crippen LogP contribution in [-0.2, 0) is 20.0 Å². The van der Waals surface area contributed by atoms with Gasteiger partial charge in [0.25, 0.3) is 20.0 Å². The second-order valence-corrected chi connectivity index (χ2v) is 12.0. The lowest BCUT2D eigenvalue weighted by Gasteiger charge is -2.24. The molecule has 2 heterocycles. The Labute approximate surface area is 216 Å². The van der Waals surface area contributed by atoms with Crippen molar-refractivity contribution in [3.05, 3.63) is 85.1 Å². The van der Waals surface area contributed by atoms with Gasteiger partial charge in [0.2, 0.25) is 0 Å². The number of hydrogen-bond acceptors (Lipinski definition) is 7. The fourth-order valence-electron chi connectivity index (χ4n) is 4.30. The summed E-state index contributed by atoms with van der Waals surface area (Å²) in [6, 6.07) is 21.4. The van der Waals surface area contributed by atoms with E-state index in [1.165, 1.54) is 24.4 Å². The third-order valence-corrected chi connectivity index (χ3v) is 8.91. The molecule has 11 heteroatoms. The summed E-state index contributed by atoms with van der Waals surface area (Å²) in [5.74, 6) is 0. The molecule has 0 amide bonds. The van der Waals surface area contributed by atoms with Crippen LogP contribution < -0.4 is 19.7 Å². The van der Waals surface area contributed by atoms with Crippen LogP contribution in [-0.4, -0.2) is 48.0 Å². The Morgan fingerprint density at radius 1 is 0.757 bits per heavy atom. The van der Waals surface area contributed by atoms with Gasteiger partial charge in [0.05, 0.1) is 21.8 Å². The van der Waals surface area contributed by atoms with E-state index in [-0.39, 0.29) is 21.2 Å². The zero-order chi connectivity index (χ0) is 25.9. The van der Waals surface area contributed by atoms with E-state index in [4.69, 9.17) is 0 Å². The normalized spacial score (nSPS) is 14.8. The van der Waals surface area contributed by atoms with Gasteiger partial charge in [-0.15, -0.1) is 0 Å². The van der Waals surface area contributed by atoms with Crippen molar-refractivity contribution in [3.63, 3.8) is 0 Å². The van der Waals surface area contributed by atoms with E-state index in [1.54, 1.807) is 60.7 Å². The van der Waals surface area contributed by atoms with Gasteiger partial charge in [-0.25, -0.2) is 16.8 Å². The zero-order valence-electron chi connectivity index (χ0n) is 20.0. The molecule has 0 atom stereocenters. The number of nitrogens with one attached hydrogen (secondary N) is 3. The Kier molecular flexibility index (Phi) is 7.00. The molecule has 5 rings (SSSR count). The second kappa shape index (κ2) is 10.4. The molecule has 3 N–H and O–H groups in total. The van der Waals surface area contributed by atoms with Crippen LogP contribution in [0.4, 0.5) is 17.1 Å². The summed E-state index contributed by atoms with van der Waals surface area (Å²) in [7, 11) is -8.07. The molecule has 37 heavy (non-hydrogen) atoms. The number of rotatable bonds is 7. The molecule has 0 radical (unpaired) electrons. The molecule has 3 aromatic carbocycles. The number of sulfonamides is 2. The summed E-state index contributed by atoms with van der Waals surface area (Å²) in [4.78, 5) is 6.48. The van der Waals surface area contributed by atoms with E-state index in [9.17, 15) is 16.8 Å². The van der Waals surface area contributed by atoms with Crippen LogP contribution in [0.3, 0.4) is 0 Å². The summed E-state index contributed by atoms with van der Waals surface area (Å²) in [6.07, 6.45) is 2.47. The molecule has 0 saturated carbocycles. The molecule has 192 valence electrons. The van der Waals surface area contributed by atoms with Gasteiger partial charge in [-0.2, -0.15) is 0 Å². The van der Waals surface area contributed by atoms with Gasteiger partial charge < -0.3 is 10.2 Å². The van der Waals surface area contributed by atoms with Crippen molar-refractivity contribution in [1.82, 2.24) is 10.3 Å². The molecule has 1 aliphatic heterocycles. The minimum absolute atomic E-state index is 0.00476. The highest BCUT2D eigenvalue weighted by Crippen LogP contribution is 2.33. The molecule has 0 bridgehead atoms. The quantitative estimate of drug-likeness (QED) is 0.329. The first kappa shape index (κ1) is 25.0. The van der Waals surface area contributed by atoms with E-state index < -0.39 is 20.0 Å². The lowest BCUT2D eigenvalue weighted by atomic mass is 10.2. The highest BCUT2D eigenvalue weighted by molar-refractivity contribution is 7.93. The highest BCUT2D eigenvalue weighted by Gasteiger charge is 2.23. The standard InChI is InChI=1S/C26H27N5O4S2/c32-36(33,22-9-2-1-3-10-22)30-24-19-21(31-17-6-14-27-16-18-31)12-13-23(24)29-37(34,35)25-11-4-7-20-8-5-15-28-26(20)25/h1-5,7-13,15,19,27,29-30H,6,14,16-18H2. The van der Waals surface area contributed by atoms with Crippen molar-refractivity contribution in [2.75, 3.05) is 40.5 Å². The van der Waals surface area contributed by atoms with Crippen molar-refractivity contribution in [1.29, 1.82) is 0 Å². The van der Waals surface area contributed by atoms with Crippen LogP contribution in [0.5, 0.6) is 0 Å². The summed E-state index contributed by atoms with van der Waals surface area (Å²) in [5.41, 5.74) is 1.38. The predicted molar refractivity (Wildman–Crippen MR) is 146 cm³/mol. The van der Waals surface area contributed by atoms with Crippen molar-refractivity contribution < 1.29 is 16.8 Å². The Hall–Kier alpha value is -3.67. The first-order valence-corrected chi connectivity index (χ1v) is 14.8. The zero-order valence-corrected chi connectivity index (χ0v) is 21.6. The Morgan fingerprint density at radius 3 is 2.38 bits per heavy atom. The number of para-hydroxylation sites is 1. The molecule has 0 aliphatic carbocycles. The third-order valence-electron chi connectivity index (χ3n) is 6.14. The Morgan fingerprint density at radius 2 is 1.54 bits per heavy atom. The van der Waals surface area contributed by atoms with Crippen LogP contribution in [0.25, 0.3) is 10.9 Å². The maximum absolute atomic E-state index is 13.5. The van der Waals surface area contributed by atoms with Crippen LogP contribution in [0.1, 0.15) is 6.42 Å². The maximum atomic E-state index is 13.5. The largest absolute Gasteiger partial charge is 0.370 e. The Bertz CT molecular complexity index is 1610. The maximum Gasteiger partial charge on any atom is 0.264 e. The molecule has 9 nitrogen and oxygen atoms in total. The third kappa shape index (κ3) is 5.53. The van der Waals surface area contributed by atoms with Gasteiger partial charge in [-0.3, -0.25) is 14.4 Å². The van der Waals surface area contributed by atoms with Gasteiger partial charge >= 0.3 is 0 Å². The second-order valence-electron chi connectivity index (χ2n) is 8.68. The van der Waals surface area contributed by atoms with E-state index in [0.29, 0.717) is 10.9 Å². The molecule has 1 fully saturated rings. The first-order valence-electron chi connectivity index (χ1n) is 11.9. The van der Waals surface area contributed by atoms with Crippen LogP contribution in [0.2, 0.25) is 0 Å². The summed E-state index contributed by atoms with van der Waals surface area (Å²) < 4.78 is 58.5. The number of fused-ring (bicyclic) bond motifs is 1. The number of nitrogens with zero attached hydrogens (tertiary/aromatic N) is 2. The summed E-state index contributed by atoms with van der Waals surface area (Å²) >= 11 is 0. The number of aromatic nitrogens is 1. The molecule has 1 saturated heterocycles. The number of hydrogen-bond donors (Lipinski definition) is 3. The molecule has 0 unspecified atom stereocenters. The number of anilines is 3. The van der Waals surface area contributed by atoms with Crippen LogP contribution in [0, 0.1) is 0 Å². The van der Waals surface area contributed by atoms with Gasteiger partial charge in [0.15, 0.2) is 0 Å². The predicted octanol–water partition coefficient (Wildman–Crippen LogP) is 3.64. The smallest absolute Gasteiger partial charge is 0.264 e. The van der Waals surface area contributed by atoms with E-state index in [2.05, 4.69) is 24.6 Å². The van der Waals surface area contributed by atoms with Crippen LogP contribution >= 0.6 is 0 Å². The molecular weight excluding hydrogens is 510 g/mol. The molecule has 1 aromatic heterocycles. The number of benzene rings is 3. The van der Waals surface area contributed by atoms with Crippen molar-refractivity contribution in [2.24, 2.45) is 0 Å². The fourth-order valence-corrected chi connectivity index (χ4v) is 6.65. The topological polar surface area (TPSA) is 120 Å². The average Bonchev–Trinajstić information content (AvgIpc) is 3.19. The summed E-state index contributed by atoms with van der Waals surface area (Å²) in [6.45, 7) is 3.25. The van der Waals surface area contributed by atoms with E-state index in [1.807, 2.05) is 0 Å². The molecular formula is C26H27N5O4S2. The van der Waals surface area contributed by atoms with Gasteiger partial charge in [-0.1, -0.05) is 36.4 Å². The SMILES string of the molecule is O=S(=O)(Nc1cc(N2CCCNCC2)ccc1NS(=O)(=O)c1cccc2cccnc12)c1ccccc1. The molecule has 4 aromatic rings. The fraction of sp³-hybridized carbons (Fsp3) is 0.192. The first-order chi connectivity index (χ1) is 17.8. The molecule has 0 spiro atoms. The average molecular weight is 538 g/mol. The van der Waals surface area contributed by atoms with Gasteiger partial charge in [0, 0.05) is 36.9 Å². The lowest BCUT2D eigenvalue weighted by molar-refractivity contribution is 0.599. The number of pyridine rings is 1. The lowest BCUT2D eigenvalue weighted by Crippen LogP contribution is -2.28. The minimum atomic E-state index is -4.10. The van der Waals surface area contributed by atoms with Crippen molar-refractivity contribution >= 4 is 48.0 Å². The van der Waals surface area contributed by atoms with Gasteiger partial charge in [0.1, 0.15) is 4.90 Å². The van der Waals surface area contributed by atoms with Crippen LogP contribution in [0.15, 0.2) is 94.9 Å². The van der Waals surface area contributed by atoms with Gasteiger partial charge in [-0.05, 0) is 55.4 Å².